The largest absolute Gasteiger partial charge is 0.497 e. The Morgan fingerprint density at radius 1 is 1.35 bits per heavy atom. The molecule has 31 heavy (non-hydrogen) atoms. The Bertz CT molecular complexity index is 1110. The number of nitrogens with two attached hydrogens (primary N) is 1. The highest BCUT2D eigenvalue weighted by Crippen LogP contribution is 2.41. The number of rotatable bonds is 6. The highest BCUT2D eigenvalue weighted by atomic mass is 16.5. The summed E-state index contributed by atoms with van der Waals surface area (Å²) in [6.45, 7) is 3.29. The van der Waals surface area contributed by atoms with Crippen molar-refractivity contribution < 1.29 is 14.2 Å². The van der Waals surface area contributed by atoms with Crippen LogP contribution in [0.5, 0.6) is 11.5 Å². The van der Waals surface area contributed by atoms with Gasteiger partial charge in [0.05, 0.1) is 31.2 Å². The molecule has 2 unspecified atom stereocenters. The third kappa shape index (κ3) is 3.91. The zero-order chi connectivity index (χ0) is 22.0. The van der Waals surface area contributed by atoms with Crippen molar-refractivity contribution in [3.05, 3.63) is 69.0 Å². The molecule has 0 aliphatic carbocycles. The maximum absolute atomic E-state index is 13.8. The molecule has 0 amide bonds. The van der Waals surface area contributed by atoms with Crippen LogP contribution in [0.15, 0.2) is 46.6 Å². The molecule has 1 aromatic carbocycles. The van der Waals surface area contributed by atoms with E-state index in [1.807, 2.05) is 30.3 Å². The Hall–Kier alpha value is -3.24. The molecule has 1 saturated heterocycles. The van der Waals surface area contributed by atoms with Crippen LogP contribution in [-0.4, -0.2) is 24.4 Å². The minimum absolute atomic E-state index is 0.0159. The van der Waals surface area contributed by atoms with Crippen LogP contribution in [0.25, 0.3) is 0 Å². The van der Waals surface area contributed by atoms with Crippen LogP contribution >= 0.6 is 0 Å². The topological polar surface area (TPSA) is 99.5 Å². The van der Waals surface area contributed by atoms with Gasteiger partial charge in [0.1, 0.15) is 23.1 Å². The maximum atomic E-state index is 13.8. The highest BCUT2D eigenvalue weighted by Gasteiger charge is 2.35. The van der Waals surface area contributed by atoms with Gasteiger partial charge in [0, 0.05) is 18.4 Å². The predicted molar refractivity (Wildman–Crippen MR) is 116 cm³/mol. The molecule has 7 heteroatoms. The zero-order valence-electron chi connectivity index (χ0n) is 17.9. The van der Waals surface area contributed by atoms with Gasteiger partial charge in [0.15, 0.2) is 0 Å². The minimum Gasteiger partial charge on any atom is -0.497 e. The molecule has 3 heterocycles. The number of fused-ring (bicyclic) bond motifs is 1. The molecule has 0 saturated carbocycles. The standard InChI is InChI=1S/C24H27N3O4/c1-3-6-16-12-20-22(24(28)27(16)14-18-9-5-10-30-18)21(19(13-25)23(26)31-20)15-7-4-8-17(11-15)29-2/h4,7-8,11-12,18,21H,3,5-6,9-10,14,26H2,1-2H3. The van der Waals surface area contributed by atoms with Gasteiger partial charge in [-0.1, -0.05) is 25.5 Å². The van der Waals surface area contributed by atoms with Crippen LogP contribution in [0.1, 0.15) is 48.9 Å². The monoisotopic (exact) mass is 421 g/mol. The number of hydrogen-bond donors (Lipinski definition) is 1. The summed E-state index contributed by atoms with van der Waals surface area (Å²) in [4.78, 5) is 13.8. The average Bonchev–Trinajstić information content (AvgIpc) is 3.29. The molecule has 1 aromatic heterocycles. The lowest BCUT2D eigenvalue weighted by Crippen LogP contribution is -2.35. The molecule has 2 aliphatic rings. The van der Waals surface area contributed by atoms with Gasteiger partial charge < -0.3 is 24.5 Å². The summed E-state index contributed by atoms with van der Waals surface area (Å²) < 4.78 is 18.8. The third-order valence-corrected chi connectivity index (χ3v) is 5.91. The van der Waals surface area contributed by atoms with E-state index in [0.29, 0.717) is 23.6 Å². The van der Waals surface area contributed by atoms with Crippen LogP contribution in [0.3, 0.4) is 0 Å². The minimum atomic E-state index is -0.622. The first-order valence-corrected chi connectivity index (χ1v) is 10.7. The molecule has 0 spiro atoms. The fraction of sp³-hybridized carbons (Fsp3) is 0.417. The Morgan fingerprint density at radius 2 is 2.19 bits per heavy atom. The fourth-order valence-corrected chi connectivity index (χ4v) is 4.43. The summed E-state index contributed by atoms with van der Waals surface area (Å²) in [5, 5.41) is 9.85. The van der Waals surface area contributed by atoms with Crippen LogP contribution in [0, 0.1) is 11.3 Å². The van der Waals surface area contributed by atoms with Gasteiger partial charge in [0.25, 0.3) is 5.56 Å². The number of hydrogen-bond acceptors (Lipinski definition) is 6. The predicted octanol–water partition coefficient (Wildman–Crippen LogP) is 3.21. The number of pyridine rings is 1. The summed E-state index contributed by atoms with van der Waals surface area (Å²) in [5.41, 5.74) is 8.26. The Morgan fingerprint density at radius 3 is 2.87 bits per heavy atom. The summed E-state index contributed by atoms with van der Waals surface area (Å²) in [6.07, 6.45) is 3.57. The van der Waals surface area contributed by atoms with Crippen LogP contribution in [0.4, 0.5) is 0 Å². The highest BCUT2D eigenvalue weighted by molar-refractivity contribution is 5.56. The zero-order valence-corrected chi connectivity index (χ0v) is 17.9. The van der Waals surface area contributed by atoms with Crippen molar-refractivity contribution in [3.8, 4) is 17.6 Å². The quantitative estimate of drug-likeness (QED) is 0.769. The summed E-state index contributed by atoms with van der Waals surface area (Å²) in [7, 11) is 1.58. The molecular weight excluding hydrogens is 394 g/mol. The maximum Gasteiger partial charge on any atom is 0.258 e. The molecule has 2 atom stereocenters. The van der Waals surface area contributed by atoms with E-state index in [1.54, 1.807) is 11.7 Å². The summed E-state index contributed by atoms with van der Waals surface area (Å²) >= 11 is 0. The van der Waals surface area contributed by atoms with Gasteiger partial charge in [-0.15, -0.1) is 0 Å². The van der Waals surface area contributed by atoms with Gasteiger partial charge in [-0.25, -0.2) is 0 Å². The first-order chi connectivity index (χ1) is 15.1. The molecule has 0 radical (unpaired) electrons. The second kappa shape index (κ2) is 8.86. The second-order valence-electron chi connectivity index (χ2n) is 7.92. The Labute approximate surface area is 181 Å². The van der Waals surface area contributed by atoms with E-state index in [2.05, 4.69) is 13.0 Å². The Balaban J connectivity index is 1.91. The SMILES string of the molecule is CCCc1cc2c(c(=O)n1CC1CCCO1)C(c1cccc(OC)c1)C(C#N)=C(N)O2. The van der Waals surface area contributed by atoms with Crippen molar-refractivity contribution in [3.63, 3.8) is 0 Å². The van der Waals surface area contributed by atoms with Crippen molar-refractivity contribution in [2.75, 3.05) is 13.7 Å². The van der Waals surface area contributed by atoms with Crippen molar-refractivity contribution >= 4 is 0 Å². The third-order valence-electron chi connectivity index (χ3n) is 5.91. The number of ether oxygens (including phenoxy) is 3. The van der Waals surface area contributed by atoms with Crippen LogP contribution < -0.4 is 20.8 Å². The lowest BCUT2D eigenvalue weighted by atomic mass is 9.83. The van der Waals surface area contributed by atoms with E-state index >= 15 is 0 Å². The molecular formula is C24H27N3O4. The van der Waals surface area contributed by atoms with Crippen molar-refractivity contribution in [1.82, 2.24) is 4.57 Å². The molecule has 0 bridgehead atoms. The second-order valence-corrected chi connectivity index (χ2v) is 7.92. The first kappa shape index (κ1) is 21.0. The lowest BCUT2D eigenvalue weighted by molar-refractivity contribution is 0.0952. The molecule has 1 fully saturated rings. The molecule has 4 rings (SSSR count). The summed E-state index contributed by atoms with van der Waals surface area (Å²) in [6, 6.07) is 11.4. The number of aryl methyl sites for hydroxylation is 1. The van der Waals surface area contributed by atoms with E-state index in [1.165, 1.54) is 0 Å². The number of methoxy groups -OCH3 is 1. The molecule has 7 nitrogen and oxygen atoms in total. The van der Waals surface area contributed by atoms with Gasteiger partial charge in [-0.05, 0) is 37.0 Å². The number of aromatic nitrogens is 1. The van der Waals surface area contributed by atoms with Crippen molar-refractivity contribution in [1.29, 1.82) is 5.26 Å². The van der Waals surface area contributed by atoms with E-state index < -0.39 is 5.92 Å². The lowest BCUT2D eigenvalue weighted by Gasteiger charge is -2.28. The first-order valence-electron chi connectivity index (χ1n) is 10.7. The van der Waals surface area contributed by atoms with Crippen molar-refractivity contribution in [2.24, 2.45) is 5.73 Å². The number of allylic oxidation sites excluding steroid dienone is 1. The smallest absolute Gasteiger partial charge is 0.258 e. The van der Waals surface area contributed by atoms with E-state index in [9.17, 15) is 10.1 Å². The van der Waals surface area contributed by atoms with Gasteiger partial charge in [-0.3, -0.25) is 4.79 Å². The van der Waals surface area contributed by atoms with Gasteiger partial charge in [0.2, 0.25) is 5.88 Å². The number of nitrogens with zero attached hydrogens (tertiary/aromatic N) is 2. The summed E-state index contributed by atoms with van der Waals surface area (Å²) in [5.74, 6) is 0.467. The Kier molecular flexibility index (Phi) is 6.01. The van der Waals surface area contributed by atoms with E-state index in [0.717, 1.165) is 43.5 Å². The average molecular weight is 421 g/mol. The van der Waals surface area contributed by atoms with E-state index in [4.69, 9.17) is 19.9 Å². The van der Waals surface area contributed by atoms with Crippen molar-refractivity contribution in [2.45, 2.75) is 51.2 Å². The fourth-order valence-electron chi connectivity index (χ4n) is 4.43. The van der Waals surface area contributed by atoms with E-state index in [-0.39, 0.29) is 23.1 Å². The van der Waals surface area contributed by atoms with Gasteiger partial charge >= 0.3 is 0 Å². The normalized spacial score (nSPS) is 20.2. The van der Waals surface area contributed by atoms with Crippen LogP contribution in [-0.2, 0) is 17.7 Å². The molecule has 162 valence electrons. The number of benzene rings is 1. The van der Waals surface area contributed by atoms with Gasteiger partial charge in [-0.2, -0.15) is 5.26 Å². The number of nitriles is 1. The molecule has 2 aliphatic heterocycles. The van der Waals surface area contributed by atoms with Crippen LogP contribution in [0.2, 0.25) is 0 Å². The molecule has 2 N–H and O–H groups in total. The molecule has 2 aromatic rings.